The molecule has 0 aliphatic carbocycles. The zero-order valence-corrected chi connectivity index (χ0v) is 8.82. The molecular formula is C10H10Cl2O. The number of hydrogen-bond acceptors (Lipinski definition) is 1. The van der Waals surface area contributed by atoms with Crippen LogP contribution < -0.4 is 0 Å². The van der Waals surface area contributed by atoms with E-state index in [1.54, 1.807) is 12.1 Å². The minimum absolute atomic E-state index is 0.00179. The van der Waals surface area contributed by atoms with Gasteiger partial charge < -0.3 is 0 Å². The SMILES string of the molecule is CCc1ccc(C(=O)CCl)cc1Cl. The fourth-order valence-corrected chi connectivity index (χ4v) is 1.55. The van der Waals surface area contributed by atoms with E-state index in [0.29, 0.717) is 10.6 Å². The quantitative estimate of drug-likeness (QED) is 0.560. The lowest BCUT2D eigenvalue weighted by molar-refractivity contribution is 0.102. The molecule has 0 bridgehead atoms. The standard InChI is InChI=1S/C10H10Cl2O/c1-2-7-3-4-8(5-9(7)12)10(13)6-11/h3-5H,2,6H2,1H3. The predicted molar refractivity (Wildman–Crippen MR) is 55.9 cm³/mol. The highest BCUT2D eigenvalue weighted by Crippen LogP contribution is 2.18. The normalized spacial score (nSPS) is 10.1. The van der Waals surface area contributed by atoms with Gasteiger partial charge in [0.05, 0.1) is 5.88 Å². The lowest BCUT2D eigenvalue weighted by Gasteiger charge is -2.02. The third kappa shape index (κ3) is 2.45. The van der Waals surface area contributed by atoms with Crippen LogP contribution in [0.25, 0.3) is 0 Å². The molecule has 1 nitrogen and oxygen atoms in total. The summed E-state index contributed by atoms with van der Waals surface area (Å²) in [7, 11) is 0. The molecule has 0 fully saturated rings. The number of ketones is 1. The molecule has 13 heavy (non-hydrogen) atoms. The molecule has 0 aliphatic heterocycles. The lowest BCUT2D eigenvalue weighted by Crippen LogP contribution is -2.00. The first-order chi connectivity index (χ1) is 6.19. The first-order valence-electron chi connectivity index (χ1n) is 4.06. The molecule has 0 saturated carbocycles. The van der Waals surface area contributed by atoms with Crippen LogP contribution in [0.1, 0.15) is 22.8 Å². The van der Waals surface area contributed by atoms with Gasteiger partial charge in [-0.15, -0.1) is 11.6 Å². The Bertz CT molecular complexity index is 321. The number of Topliss-reactive ketones (excluding diaryl/α,β-unsaturated/α-hetero) is 1. The zero-order chi connectivity index (χ0) is 9.84. The summed E-state index contributed by atoms with van der Waals surface area (Å²) in [5.74, 6) is -0.0897. The van der Waals surface area contributed by atoms with Gasteiger partial charge >= 0.3 is 0 Å². The van der Waals surface area contributed by atoms with Crippen molar-refractivity contribution in [3.63, 3.8) is 0 Å². The van der Waals surface area contributed by atoms with Crippen LogP contribution in [0.5, 0.6) is 0 Å². The van der Waals surface area contributed by atoms with E-state index in [2.05, 4.69) is 0 Å². The van der Waals surface area contributed by atoms with Crippen molar-refractivity contribution in [1.82, 2.24) is 0 Å². The Balaban J connectivity index is 3.02. The molecule has 0 aliphatic rings. The van der Waals surface area contributed by atoms with Crippen LogP contribution in [0.2, 0.25) is 5.02 Å². The highest BCUT2D eigenvalue weighted by Gasteiger charge is 2.06. The van der Waals surface area contributed by atoms with Crippen molar-refractivity contribution in [3.8, 4) is 0 Å². The van der Waals surface area contributed by atoms with Gasteiger partial charge in [-0.1, -0.05) is 30.7 Å². The monoisotopic (exact) mass is 216 g/mol. The van der Waals surface area contributed by atoms with Gasteiger partial charge in [0.15, 0.2) is 5.78 Å². The first kappa shape index (κ1) is 10.6. The summed E-state index contributed by atoms with van der Waals surface area (Å²) in [6.45, 7) is 2.02. The molecule has 0 atom stereocenters. The van der Waals surface area contributed by atoms with Crippen LogP contribution in [0.4, 0.5) is 0 Å². The molecule has 1 aromatic rings. The first-order valence-corrected chi connectivity index (χ1v) is 4.98. The summed E-state index contributed by atoms with van der Waals surface area (Å²) in [5, 5.41) is 0.637. The van der Waals surface area contributed by atoms with E-state index < -0.39 is 0 Å². The Hall–Kier alpha value is -0.530. The largest absolute Gasteiger partial charge is 0.293 e. The zero-order valence-electron chi connectivity index (χ0n) is 7.31. The molecule has 70 valence electrons. The Morgan fingerprint density at radius 2 is 2.15 bits per heavy atom. The van der Waals surface area contributed by atoms with Gasteiger partial charge in [-0.05, 0) is 18.1 Å². The summed E-state index contributed by atoms with van der Waals surface area (Å²) in [6, 6.07) is 5.29. The second-order valence-electron chi connectivity index (χ2n) is 2.72. The number of aryl methyl sites for hydroxylation is 1. The number of carbonyl (C=O) groups is 1. The van der Waals surface area contributed by atoms with Crippen LogP contribution in [0, 0.1) is 0 Å². The smallest absolute Gasteiger partial charge is 0.177 e. The molecule has 0 heterocycles. The number of carbonyl (C=O) groups excluding carboxylic acids is 1. The Morgan fingerprint density at radius 3 is 2.62 bits per heavy atom. The van der Waals surface area contributed by atoms with Gasteiger partial charge in [-0.25, -0.2) is 0 Å². The minimum Gasteiger partial charge on any atom is -0.293 e. The van der Waals surface area contributed by atoms with E-state index in [1.807, 2.05) is 13.0 Å². The third-order valence-electron chi connectivity index (χ3n) is 1.88. The molecule has 0 saturated heterocycles. The van der Waals surface area contributed by atoms with Gasteiger partial charge in [0.25, 0.3) is 0 Å². The second-order valence-corrected chi connectivity index (χ2v) is 3.39. The summed E-state index contributed by atoms with van der Waals surface area (Å²) >= 11 is 11.4. The maximum absolute atomic E-state index is 11.2. The van der Waals surface area contributed by atoms with Crippen LogP contribution >= 0.6 is 23.2 Å². The fourth-order valence-electron chi connectivity index (χ4n) is 1.08. The van der Waals surface area contributed by atoms with E-state index in [0.717, 1.165) is 12.0 Å². The number of halogens is 2. The fraction of sp³-hybridized carbons (Fsp3) is 0.300. The second kappa shape index (κ2) is 4.64. The molecule has 0 radical (unpaired) electrons. The maximum atomic E-state index is 11.2. The highest BCUT2D eigenvalue weighted by atomic mass is 35.5. The van der Waals surface area contributed by atoms with Crippen molar-refractivity contribution in [2.45, 2.75) is 13.3 Å². The Morgan fingerprint density at radius 1 is 1.46 bits per heavy atom. The predicted octanol–water partition coefficient (Wildman–Crippen LogP) is 3.32. The van der Waals surface area contributed by atoms with E-state index >= 15 is 0 Å². The van der Waals surface area contributed by atoms with Crippen molar-refractivity contribution < 1.29 is 4.79 Å². The highest BCUT2D eigenvalue weighted by molar-refractivity contribution is 6.33. The van der Waals surface area contributed by atoms with E-state index in [-0.39, 0.29) is 11.7 Å². The minimum atomic E-state index is -0.0915. The Kier molecular flexibility index (Phi) is 3.76. The molecule has 1 aromatic carbocycles. The number of rotatable bonds is 3. The summed E-state index contributed by atoms with van der Waals surface area (Å²) in [6.07, 6.45) is 0.869. The molecule has 1 rings (SSSR count). The molecule has 0 unspecified atom stereocenters. The molecule has 0 amide bonds. The van der Waals surface area contributed by atoms with Crippen LogP contribution in [-0.4, -0.2) is 11.7 Å². The lowest BCUT2D eigenvalue weighted by atomic mass is 10.1. The maximum Gasteiger partial charge on any atom is 0.177 e. The molecular weight excluding hydrogens is 207 g/mol. The van der Waals surface area contributed by atoms with Crippen molar-refractivity contribution in [2.24, 2.45) is 0 Å². The summed E-state index contributed by atoms with van der Waals surface area (Å²) < 4.78 is 0. The molecule has 3 heteroatoms. The van der Waals surface area contributed by atoms with Crippen molar-refractivity contribution >= 4 is 29.0 Å². The number of alkyl halides is 1. The molecule has 0 aromatic heterocycles. The average molecular weight is 217 g/mol. The topological polar surface area (TPSA) is 17.1 Å². The molecule has 0 spiro atoms. The van der Waals surface area contributed by atoms with E-state index in [4.69, 9.17) is 23.2 Å². The van der Waals surface area contributed by atoms with Gasteiger partial charge in [0.1, 0.15) is 0 Å². The van der Waals surface area contributed by atoms with Gasteiger partial charge in [-0.2, -0.15) is 0 Å². The molecule has 0 N–H and O–H groups in total. The van der Waals surface area contributed by atoms with Crippen molar-refractivity contribution in [3.05, 3.63) is 34.3 Å². The van der Waals surface area contributed by atoms with Gasteiger partial charge in [-0.3, -0.25) is 4.79 Å². The van der Waals surface area contributed by atoms with Crippen LogP contribution in [0.3, 0.4) is 0 Å². The van der Waals surface area contributed by atoms with Crippen molar-refractivity contribution in [2.75, 3.05) is 5.88 Å². The van der Waals surface area contributed by atoms with Crippen molar-refractivity contribution in [1.29, 1.82) is 0 Å². The summed E-state index contributed by atoms with van der Waals surface area (Å²) in [5.41, 5.74) is 1.63. The number of hydrogen-bond donors (Lipinski definition) is 0. The van der Waals surface area contributed by atoms with Crippen LogP contribution in [-0.2, 0) is 6.42 Å². The van der Waals surface area contributed by atoms with Gasteiger partial charge in [0.2, 0.25) is 0 Å². The Labute approximate surface area is 87.7 Å². The van der Waals surface area contributed by atoms with E-state index in [9.17, 15) is 4.79 Å². The van der Waals surface area contributed by atoms with Crippen LogP contribution in [0.15, 0.2) is 18.2 Å². The number of benzene rings is 1. The van der Waals surface area contributed by atoms with Gasteiger partial charge in [0, 0.05) is 10.6 Å². The summed E-state index contributed by atoms with van der Waals surface area (Å²) in [4.78, 5) is 11.2. The van der Waals surface area contributed by atoms with E-state index in [1.165, 1.54) is 0 Å². The third-order valence-corrected chi connectivity index (χ3v) is 2.47. The average Bonchev–Trinajstić information content (AvgIpc) is 2.16.